The largest absolute Gasteiger partial charge is 0.416 e. The Morgan fingerprint density at radius 3 is 2.19 bits per heavy atom. The van der Waals surface area contributed by atoms with Gasteiger partial charge in [-0.15, -0.1) is 0 Å². The van der Waals surface area contributed by atoms with Crippen LogP contribution >= 0.6 is 15.9 Å². The standard InChI is InChI=1S/C13H9BrF3NO2S/c14-10-4-6-12(7-5-10)21(19,20)18-11-3-1-2-9(8-11)13(15,16)17/h1-8,18H. The topological polar surface area (TPSA) is 46.2 Å². The molecule has 8 heteroatoms. The van der Waals surface area contributed by atoms with Crippen LogP contribution in [0, 0.1) is 0 Å². The van der Waals surface area contributed by atoms with Gasteiger partial charge in [0.05, 0.1) is 10.5 Å². The molecule has 2 aromatic carbocycles. The summed E-state index contributed by atoms with van der Waals surface area (Å²) in [6, 6.07) is 9.77. The predicted octanol–water partition coefficient (Wildman–Crippen LogP) is 4.27. The van der Waals surface area contributed by atoms with Gasteiger partial charge in [0.2, 0.25) is 0 Å². The molecule has 0 atom stereocenters. The fourth-order valence-electron chi connectivity index (χ4n) is 1.59. The Morgan fingerprint density at radius 2 is 1.62 bits per heavy atom. The van der Waals surface area contributed by atoms with E-state index in [0.29, 0.717) is 4.47 Å². The second kappa shape index (κ2) is 5.69. The van der Waals surface area contributed by atoms with Crippen molar-refractivity contribution in [2.45, 2.75) is 11.1 Å². The third-order valence-electron chi connectivity index (χ3n) is 2.57. The number of hydrogen-bond donors (Lipinski definition) is 1. The summed E-state index contributed by atoms with van der Waals surface area (Å²) in [5, 5.41) is 0. The molecule has 21 heavy (non-hydrogen) atoms. The quantitative estimate of drug-likeness (QED) is 0.865. The van der Waals surface area contributed by atoms with Gasteiger partial charge in [-0.1, -0.05) is 22.0 Å². The van der Waals surface area contributed by atoms with Gasteiger partial charge in [0.1, 0.15) is 0 Å². The fourth-order valence-corrected chi connectivity index (χ4v) is 2.90. The summed E-state index contributed by atoms with van der Waals surface area (Å²) in [6.07, 6.45) is -4.53. The van der Waals surface area contributed by atoms with E-state index in [4.69, 9.17) is 0 Å². The van der Waals surface area contributed by atoms with Crippen molar-refractivity contribution in [2.24, 2.45) is 0 Å². The Bertz CT molecular complexity index is 743. The van der Waals surface area contributed by atoms with Crippen LogP contribution < -0.4 is 4.72 Å². The molecule has 0 fully saturated rings. The predicted molar refractivity (Wildman–Crippen MR) is 76.4 cm³/mol. The van der Waals surface area contributed by atoms with Gasteiger partial charge >= 0.3 is 6.18 Å². The van der Waals surface area contributed by atoms with E-state index in [1.54, 1.807) is 0 Å². The summed E-state index contributed by atoms with van der Waals surface area (Å²) in [5.41, 5.74) is -1.06. The van der Waals surface area contributed by atoms with Crippen molar-refractivity contribution in [3.8, 4) is 0 Å². The van der Waals surface area contributed by atoms with Gasteiger partial charge < -0.3 is 0 Å². The first-order valence-corrected chi connectivity index (χ1v) is 7.92. The molecule has 0 spiro atoms. The molecule has 0 aliphatic rings. The minimum Gasteiger partial charge on any atom is -0.280 e. The van der Waals surface area contributed by atoms with Crippen LogP contribution in [0.2, 0.25) is 0 Å². The molecule has 0 unspecified atom stereocenters. The average Bonchev–Trinajstić information content (AvgIpc) is 2.38. The van der Waals surface area contributed by atoms with E-state index >= 15 is 0 Å². The number of alkyl halides is 3. The van der Waals surface area contributed by atoms with Crippen LogP contribution in [0.5, 0.6) is 0 Å². The van der Waals surface area contributed by atoms with E-state index in [2.05, 4.69) is 20.7 Å². The maximum Gasteiger partial charge on any atom is 0.416 e. The maximum absolute atomic E-state index is 12.6. The Morgan fingerprint density at radius 1 is 1.00 bits per heavy atom. The molecule has 0 amide bonds. The van der Waals surface area contributed by atoms with Crippen molar-refractivity contribution >= 4 is 31.6 Å². The van der Waals surface area contributed by atoms with E-state index in [0.717, 1.165) is 18.2 Å². The fraction of sp³-hybridized carbons (Fsp3) is 0.0769. The highest BCUT2D eigenvalue weighted by molar-refractivity contribution is 9.10. The van der Waals surface area contributed by atoms with E-state index in [-0.39, 0.29) is 10.6 Å². The van der Waals surface area contributed by atoms with E-state index < -0.39 is 21.8 Å². The second-order valence-corrected chi connectivity index (χ2v) is 6.74. The molecule has 0 radical (unpaired) electrons. The number of anilines is 1. The maximum atomic E-state index is 12.6. The first-order valence-electron chi connectivity index (χ1n) is 5.64. The van der Waals surface area contributed by atoms with Crippen LogP contribution in [-0.2, 0) is 16.2 Å². The summed E-state index contributed by atoms with van der Waals surface area (Å²) in [4.78, 5) is -0.0388. The van der Waals surface area contributed by atoms with E-state index in [1.807, 2.05) is 0 Å². The van der Waals surface area contributed by atoms with Gasteiger partial charge in [-0.2, -0.15) is 13.2 Å². The highest BCUT2D eigenvalue weighted by Crippen LogP contribution is 2.31. The van der Waals surface area contributed by atoms with Crippen molar-refractivity contribution < 1.29 is 21.6 Å². The average molecular weight is 380 g/mol. The van der Waals surface area contributed by atoms with Crippen LogP contribution in [0.3, 0.4) is 0 Å². The molecule has 0 aromatic heterocycles. The Balaban J connectivity index is 2.31. The second-order valence-electron chi connectivity index (χ2n) is 4.14. The number of nitrogens with one attached hydrogen (secondary N) is 1. The lowest BCUT2D eigenvalue weighted by molar-refractivity contribution is -0.137. The van der Waals surface area contributed by atoms with Crippen molar-refractivity contribution in [1.29, 1.82) is 0 Å². The first-order chi connectivity index (χ1) is 9.68. The van der Waals surface area contributed by atoms with E-state index in [1.165, 1.54) is 30.3 Å². The lowest BCUT2D eigenvalue weighted by atomic mass is 10.2. The van der Waals surface area contributed by atoms with Crippen molar-refractivity contribution in [2.75, 3.05) is 4.72 Å². The number of halogens is 4. The van der Waals surface area contributed by atoms with Crippen molar-refractivity contribution in [1.82, 2.24) is 0 Å². The third kappa shape index (κ3) is 3.98. The lowest BCUT2D eigenvalue weighted by Crippen LogP contribution is -2.14. The molecule has 0 saturated heterocycles. The smallest absolute Gasteiger partial charge is 0.280 e. The van der Waals surface area contributed by atoms with E-state index in [9.17, 15) is 21.6 Å². The van der Waals surface area contributed by atoms with Crippen molar-refractivity contribution in [3.63, 3.8) is 0 Å². The Hall–Kier alpha value is -1.54. The molecule has 0 heterocycles. The van der Waals surface area contributed by atoms with Crippen molar-refractivity contribution in [3.05, 3.63) is 58.6 Å². The molecule has 0 aliphatic carbocycles. The Labute approximate surface area is 128 Å². The number of rotatable bonds is 3. The summed E-state index contributed by atoms with van der Waals surface area (Å²) < 4.78 is 64.7. The monoisotopic (exact) mass is 379 g/mol. The molecule has 0 saturated carbocycles. The van der Waals surface area contributed by atoms with Crippen LogP contribution in [0.15, 0.2) is 57.9 Å². The molecule has 2 aromatic rings. The highest BCUT2D eigenvalue weighted by Gasteiger charge is 2.30. The number of sulfonamides is 1. The zero-order valence-electron chi connectivity index (χ0n) is 10.4. The minimum atomic E-state index is -4.53. The van der Waals surface area contributed by atoms with Gasteiger partial charge in [0.15, 0.2) is 0 Å². The zero-order valence-corrected chi connectivity index (χ0v) is 12.8. The lowest BCUT2D eigenvalue weighted by Gasteiger charge is -2.11. The first kappa shape index (κ1) is 15.8. The van der Waals surface area contributed by atoms with Gasteiger partial charge in [-0.3, -0.25) is 4.72 Å². The number of benzene rings is 2. The molecule has 112 valence electrons. The molecular formula is C13H9BrF3NO2S. The minimum absolute atomic E-state index is 0.0388. The Kier molecular flexibility index (Phi) is 4.29. The summed E-state index contributed by atoms with van der Waals surface area (Å²) >= 11 is 3.17. The molecule has 3 nitrogen and oxygen atoms in total. The van der Waals surface area contributed by atoms with Gasteiger partial charge in [0.25, 0.3) is 10.0 Å². The molecule has 0 bridgehead atoms. The van der Waals surface area contributed by atoms with Crippen LogP contribution in [0.25, 0.3) is 0 Å². The SMILES string of the molecule is O=S(=O)(Nc1cccc(C(F)(F)F)c1)c1ccc(Br)cc1. The third-order valence-corrected chi connectivity index (χ3v) is 4.49. The molecule has 0 aliphatic heterocycles. The normalized spacial score (nSPS) is 12.2. The highest BCUT2D eigenvalue weighted by atomic mass is 79.9. The summed E-state index contributed by atoms with van der Waals surface area (Å²) in [5.74, 6) is 0. The zero-order chi connectivity index (χ0) is 15.7. The summed E-state index contributed by atoms with van der Waals surface area (Å²) in [6.45, 7) is 0. The van der Waals surface area contributed by atoms with Crippen LogP contribution in [0.4, 0.5) is 18.9 Å². The molecule has 1 N–H and O–H groups in total. The molecular weight excluding hydrogens is 371 g/mol. The van der Waals surface area contributed by atoms with Gasteiger partial charge in [-0.05, 0) is 42.5 Å². The van der Waals surface area contributed by atoms with Gasteiger partial charge in [0, 0.05) is 10.2 Å². The van der Waals surface area contributed by atoms with Gasteiger partial charge in [-0.25, -0.2) is 8.42 Å². The molecule has 2 rings (SSSR count). The number of hydrogen-bond acceptors (Lipinski definition) is 2. The summed E-state index contributed by atoms with van der Waals surface area (Å²) in [7, 11) is -3.93. The van der Waals surface area contributed by atoms with Crippen LogP contribution in [0.1, 0.15) is 5.56 Å². The van der Waals surface area contributed by atoms with Crippen LogP contribution in [-0.4, -0.2) is 8.42 Å².